The number of piperidine rings is 1. The van der Waals surface area contributed by atoms with Gasteiger partial charge in [0, 0.05) is 19.3 Å². The summed E-state index contributed by atoms with van der Waals surface area (Å²) in [7, 11) is -3.44. The first-order valence-corrected chi connectivity index (χ1v) is 7.63. The van der Waals surface area contributed by atoms with Crippen molar-refractivity contribution in [1.82, 2.24) is 4.90 Å². The number of aliphatic hydroxyl groups excluding tert-OH is 1. The lowest BCUT2D eigenvalue weighted by Crippen LogP contribution is -2.54. The number of hydrogen-bond acceptors (Lipinski definition) is 4. The minimum atomic E-state index is -3.44. The van der Waals surface area contributed by atoms with Crippen LogP contribution in [0, 0.1) is 5.92 Å². The van der Waals surface area contributed by atoms with Gasteiger partial charge in [0.15, 0.2) is 9.84 Å². The summed E-state index contributed by atoms with van der Waals surface area (Å²) in [5.41, 5.74) is 0. The molecule has 100 valence electrons. The third-order valence-corrected chi connectivity index (χ3v) is 5.62. The smallest absolute Gasteiger partial charge is 0.243 e. The van der Waals surface area contributed by atoms with E-state index in [9.17, 15) is 18.3 Å². The molecule has 0 aliphatic carbocycles. The van der Waals surface area contributed by atoms with Crippen molar-refractivity contribution in [2.24, 2.45) is 5.92 Å². The second-order valence-electron chi connectivity index (χ2n) is 5.37. The Kier molecular flexibility index (Phi) is 3.88. The van der Waals surface area contributed by atoms with Gasteiger partial charge in [0.2, 0.25) is 5.91 Å². The van der Waals surface area contributed by atoms with Crippen LogP contribution in [0.4, 0.5) is 0 Å². The van der Waals surface area contributed by atoms with Crippen molar-refractivity contribution >= 4 is 15.7 Å². The van der Waals surface area contributed by atoms with Gasteiger partial charge in [0.25, 0.3) is 0 Å². The number of rotatable bonds is 2. The lowest BCUT2D eigenvalue weighted by atomic mass is 9.96. The Balaban J connectivity index is 2.85. The van der Waals surface area contributed by atoms with Crippen LogP contribution in [-0.2, 0) is 14.6 Å². The molecule has 1 aliphatic rings. The standard InChI is InChI=1S/C11H21NO4S/c1-8-7-12(6-5-9(8)13)10(14)11(2,3)17(4,15)16/h8-9,13H,5-7H2,1-4H3. The molecule has 1 amide bonds. The molecule has 0 spiro atoms. The highest BCUT2D eigenvalue weighted by Crippen LogP contribution is 2.23. The van der Waals surface area contributed by atoms with Crippen molar-refractivity contribution < 1.29 is 18.3 Å². The third kappa shape index (κ3) is 2.80. The lowest BCUT2D eigenvalue weighted by Gasteiger charge is -2.38. The zero-order valence-electron chi connectivity index (χ0n) is 10.8. The third-order valence-electron chi connectivity index (χ3n) is 3.59. The van der Waals surface area contributed by atoms with Crippen LogP contribution in [-0.4, -0.2) is 54.5 Å². The van der Waals surface area contributed by atoms with E-state index in [2.05, 4.69) is 0 Å². The number of sulfone groups is 1. The van der Waals surface area contributed by atoms with Crippen LogP contribution in [0.15, 0.2) is 0 Å². The van der Waals surface area contributed by atoms with Gasteiger partial charge in [0.1, 0.15) is 4.75 Å². The maximum Gasteiger partial charge on any atom is 0.243 e. The number of nitrogens with zero attached hydrogens (tertiary/aromatic N) is 1. The number of aliphatic hydroxyl groups is 1. The van der Waals surface area contributed by atoms with Crippen molar-refractivity contribution in [3.63, 3.8) is 0 Å². The average molecular weight is 263 g/mol. The SMILES string of the molecule is CC1CN(C(=O)C(C)(C)S(C)(=O)=O)CCC1O. The van der Waals surface area contributed by atoms with E-state index < -0.39 is 20.7 Å². The van der Waals surface area contributed by atoms with Crippen LogP contribution in [0.3, 0.4) is 0 Å². The second-order valence-corrected chi connectivity index (χ2v) is 7.93. The molecule has 1 N–H and O–H groups in total. The summed E-state index contributed by atoms with van der Waals surface area (Å²) in [4.78, 5) is 13.7. The quantitative estimate of drug-likeness (QED) is 0.763. The Labute approximate surface area is 103 Å². The normalized spacial score (nSPS) is 27.0. The van der Waals surface area contributed by atoms with Gasteiger partial charge in [-0.05, 0) is 26.2 Å². The Morgan fingerprint density at radius 1 is 1.41 bits per heavy atom. The van der Waals surface area contributed by atoms with Gasteiger partial charge in [-0.1, -0.05) is 6.92 Å². The van der Waals surface area contributed by atoms with E-state index in [-0.39, 0.29) is 11.8 Å². The minimum Gasteiger partial charge on any atom is -0.393 e. The van der Waals surface area contributed by atoms with E-state index in [4.69, 9.17) is 0 Å². The van der Waals surface area contributed by atoms with Crippen LogP contribution in [0.2, 0.25) is 0 Å². The highest BCUT2D eigenvalue weighted by Gasteiger charge is 2.42. The van der Waals surface area contributed by atoms with E-state index in [1.807, 2.05) is 6.92 Å². The topological polar surface area (TPSA) is 74.7 Å². The number of hydrogen-bond donors (Lipinski definition) is 1. The van der Waals surface area contributed by atoms with Crippen LogP contribution in [0.25, 0.3) is 0 Å². The second kappa shape index (κ2) is 4.57. The fourth-order valence-electron chi connectivity index (χ4n) is 1.86. The van der Waals surface area contributed by atoms with Crippen molar-refractivity contribution in [2.75, 3.05) is 19.3 Å². The van der Waals surface area contributed by atoms with E-state index in [0.717, 1.165) is 6.26 Å². The number of carbonyl (C=O) groups is 1. The molecule has 17 heavy (non-hydrogen) atoms. The van der Waals surface area contributed by atoms with E-state index >= 15 is 0 Å². The molecule has 0 aromatic rings. The Morgan fingerprint density at radius 3 is 2.35 bits per heavy atom. The molecule has 6 heteroatoms. The van der Waals surface area contributed by atoms with Gasteiger partial charge in [-0.2, -0.15) is 0 Å². The summed E-state index contributed by atoms with van der Waals surface area (Å²) in [6.45, 7) is 5.56. The van der Waals surface area contributed by atoms with Gasteiger partial charge >= 0.3 is 0 Å². The first-order chi connectivity index (χ1) is 7.57. The molecule has 0 aromatic carbocycles. The predicted molar refractivity (Wildman–Crippen MR) is 65.3 cm³/mol. The van der Waals surface area contributed by atoms with Crippen molar-refractivity contribution in [2.45, 2.75) is 38.0 Å². The molecular weight excluding hydrogens is 242 g/mol. The van der Waals surface area contributed by atoms with E-state index in [1.54, 1.807) is 4.90 Å². The van der Waals surface area contributed by atoms with Crippen LogP contribution in [0.1, 0.15) is 27.2 Å². The molecule has 2 atom stereocenters. The predicted octanol–water partition coefficient (Wildman–Crippen LogP) is 0.0389. The maximum atomic E-state index is 12.2. The Hall–Kier alpha value is -0.620. The van der Waals surface area contributed by atoms with Gasteiger partial charge in [0.05, 0.1) is 6.10 Å². The Bertz CT molecular complexity index is 402. The van der Waals surface area contributed by atoms with Crippen LogP contribution < -0.4 is 0 Å². The summed E-state index contributed by atoms with van der Waals surface area (Å²) < 4.78 is 21.8. The monoisotopic (exact) mass is 263 g/mol. The molecule has 0 radical (unpaired) electrons. The number of amides is 1. The van der Waals surface area contributed by atoms with Crippen molar-refractivity contribution in [1.29, 1.82) is 0 Å². The van der Waals surface area contributed by atoms with Gasteiger partial charge in [-0.25, -0.2) is 8.42 Å². The maximum absolute atomic E-state index is 12.2. The van der Waals surface area contributed by atoms with Gasteiger partial charge in [-0.15, -0.1) is 0 Å². The highest BCUT2D eigenvalue weighted by molar-refractivity contribution is 7.92. The molecule has 1 rings (SSSR count). The molecule has 2 unspecified atom stereocenters. The van der Waals surface area contributed by atoms with E-state index in [0.29, 0.717) is 19.5 Å². The molecule has 1 fully saturated rings. The molecule has 0 saturated carbocycles. The first kappa shape index (κ1) is 14.4. The average Bonchev–Trinajstić information content (AvgIpc) is 2.19. The van der Waals surface area contributed by atoms with E-state index in [1.165, 1.54) is 13.8 Å². The van der Waals surface area contributed by atoms with Crippen molar-refractivity contribution in [3.05, 3.63) is 0 Å². The fourth-order valence-corrected chi connectivity index (χ4v) is 2.30. The summed E-state index contributed by atoms with van der Waals surface area (Å²) in [6, 6.07) is 0. The minimum absolute atomic E-state index is 0.0111. The molecule has 1 aliphatic heterocycles. The highest BCUT2D eigenvalue weighted by atomic mass is 32.2. The molecule has 0 aromatic heterocycles. The summed E-state index contributed by atoms with van der Waals surface area (Å²) in [5, 5.41) is 9.58. The van der Waals surface area contributed by atoms with Gasteiger partial charge in [-0.3, -0.25) is 4.79 Å². The molecule has 0 bridgehead atoms. The first-order valence-electron chi connectivity index (χ1n) is 5.74. The number of likely N-dealkylation sites (tertiary alicyclic amines) is 1. The van der Waals surface area contributed by atoms with Crippen LogP contribution in [0.5, 0.6) is 0 Å². The molecule has 1 heterocycles. The summed E-state index contributed by atoms with van der Waals surface area (Å²) >= 11 is 0. The molecular formula is C11H21NO4S. The molecule has 1 saturated heterocycles. The van der Waals surface area contributed by atoms with Crippen molar-refractivity contribution in [3.8, 4) is 0 Å². The fraction of sp³-hybridized carbons (Fsp3) is 0.909. The van der Waals surface area contributed by atoms with Gasteiger partial charge < -0.3 is 10.0 Å². The van der Waals surface area contributed by atoms with Crippen LogP contribution >= 0.6 is 0 Å². The summed E-state index contributed by atoms with van der Waals surface area (Å²) in [6.07, 6.45) is 1.18. The number of carbonyl (C=O) groups excluding carboxylic acids is 1. The Morgan fingerprint density at radius 2 is 1.94 bits per heavy atom. The zero-order valence-corrected chi connectivity index (χ0v) is 11.6. The lowest BCUT2D eigenvalue weighted by molar-refractivity contribution is -0.136. The molecule has 5 nitrogen and oxygen atoms in total. The largest absolute Gasteiger partial charge is 0.393 e. The zero-order chi connectivity index (χ0) is 13.4. The summed E-state index contributed by atoms with van der Waals surface area (Å²) in [5.74, 6) is -0.387.